The van der Waals surface area contributed by atoms with Gasteiger partial charge in [-0.05, 0) is 80.0 Å². The van der Waals surface area contributed by atoms with E-state index in [1.165, 1.54) is 42.0 Å². The Hall–Kier alpha value is -2.36. The van der Waals surface area contributed by atoms with Crippen molar-refractivity contribution < 1.29 is 0 Å². The van der Waals surface area contributed by atoms with E-state index in [0.717, 1.165) is 75.0 Å². The highest BCUT2D eigenvalue weighted by atomic mass is 35.5. The third-order valence-electron chi connectivity index (χ3n) is 9.46. The number of nitrogens with zero attached hydrogens (tertiary/aromatic N) is 5. The zero-order valence-electron chi connectivity index (χ0n) is 24.7. The number of nitrogens with one attached hydrogen (secondary N) is 2. The molecule has 43 heavy (non-hydrogen) atoms. The van der Waals surface area contributed by atoms with Crippen LogP contribution < -0.4 is 16.5 Å². The minimum Gasteiger partial charge on any atom is -0.351 e. The number of imidazole rings is 1. The van der Waals surface area contributed by atoms with Crippen molar-refractivity contribution in [1.82, 2.24) is 24.5 Å². The zero-order chi connectivity index (χ0) is 26.9. The molecule has 3 fully saturated rings. The van der Waals surface area contributed by atoms with Crippen LogP contribution >= 0.6 is 37.2 Å². The first-order chi connectivity index (χ1) is 19.7. The van der Waals surface area contributed by atoms with Gasteiger partial charge in [0.1, 0.15) is 0 Å². The van der Waals surface area contributed by atoms with Crippen LogP contribution in [0, 0.1) is 5.92 Å². The first-order valence-corrected chi connectivity index (χ1v) is 15.4. The van der Waals surface area contributed by atoms with Gasteiger partial charge in [-0.15, -0.1) is 37.2 Å². The predicted molar refractivity (Wildman–Crippen MR) is 184 cm³/mol. The fourth-order valence-electron chi connectivity index (χ4n) is 7.05. The van der Waals surface area contributed by atoms with Gasteiger partial charge in [-0.2, -0.15) is 9.97 Å². The molecule has 0 amide bonds. The summed E-state index contributed by atoms with van der Waals surface area (Å²) in [6.45, 7) is 1.99. The van der Waals surface area contributed by atoms with Crippen LogP contribution in [0.3, 0.4) is 0 Å². The molecule has 234 valence electrons. The van der Waals surface area contributed by atoms with Crippen LogP contribution in [0.2, 0.25) is 0 Å². The van der Waals surface area contributed by atoms with Crippen molar-refractivity contribution in [3.05, 3.63) is 54.4 Å². The molecule has 3 aliphatic rings. The fraction of sp³-hybridized carbons (Fsp3) is 0.531. The van der Waals surface area contributed by atoms with Gasteiger partial charge in [-0.25, -0.2) is 9.99 Å². The topological polar surface area (TPSA) is 96.9 Å². The Morgan fingerprint density at radius 2 is 1.53 bits per heavy atom. The number of anilines is 2. The normalized spacial score (nSPS) is 21.6. The number of hydrazine groups is 1. The smallest absolute Gasteiger partial charge is 0.227 e. The SMILES string of the molecule is Cl.Cl.Cl.N[C@H]1CC[C@H](Nc2nc(NN3CCC(Cc4ccc5ccccc5c4)CC3)c3ncn(C4CCCC4)c3n2)CC1. The van der Waals surface area contributed by atoms with Gasteiger partial charge in [0.05, 0.1) is 6.33 Å². The molecule has 4 N–H and O–H groups in total. The molecule has 4 aromatic rings. The van der Waals surface area contributed by atoms with Crippen LogP contribution in [0.25, 0.3) is 21.9 Å². The molecule has 2 saturated carbocycles. The van der Waals surface area contributed by atoms with Gasteiger partial charge in [-0.3, -0.25) is 0 Å². The number of piperidine rings is 1. The maximum atomic E-state index is 6.16. The molecular weight excluding hydrogens is 603 g/mol. The number of hydrogen-bond acceptors (Lipinski definition) is 7. The first-order valence-electron chi connectivity index (χ1n) is 15.4. The molecular formula is C32H45Cl3N8. The van der Waals surface area contributed by atoms with Gasteiger partial charge in [-0.1, -0.05) is 55.3 Å². The van der Waals surface area contributed by atoms with E-state index in [4.69, 9.17) is 20.7 Å². The molecule has 0 unspecified atom stereocenters. The predicted octanol–water partition coefficient (Wildman–Crippen LogP) is 7.32. The summed E-state index contributed by atoms with van der Waals surface area (Å²) in [5.74, 6) is 2.23. The average Bonchev–Trinajstić information content (AvgIpc) is 3.66. The molecule has 0 radical (unpaired) electrons. The highest BCUT2D eigenvalue weighted by Crippen LogP contribution is 2.34. The molecule has 7 rings (SSSR count). The largest absolute Gasteiger partial charge is 0.351 e. The van der Waals surface area contributed by atoms with E-state index in [1.807, 2.05) is 6.33 Å². The second-order valence-electron chi connectivity index (χ2n) is 12.3. The second kappa shape index (κ2) is 15.1. The number of nitrogens with two attached hydrogens (primary N) is 1. The monoisotopic (exact) mass is 646 g/mol. The van der Waals surface area contributed by atoms with Crippen molar-refractivity contribution in [1.29, 1.82) is 0 Å². The number of rotatable bonds is 7. The Morgan fingerprint density at radius 1 is 0.814 bits per heavy atom. The summed E-state index contributed by atoms with van der Waals surface area (Å²) in [5, 5.41) is 8.63. The Balaban J connectivity index is 0.00000141. The number of fused-ring (bicyclic) bond motifs is 2. The quantitative estimate of drug-likeness (QED) is 0.193. The minimum atomic E-state index is 0. The molecule has 1 saturated heterocycles. The molecule has 2 aromatic heterocycles. The summed E-state index contributed by atoms with van der Waals surface area (Å²) in [6, 6.07) is 16.8. The molecule has 1 aliphatic heterocycles. The molecule has 0 atom stereocenters. The van der Waals surface area contributed by atoms with Crippen LogP contribution in [0.5, 0.6) is 0 Å². The van der Waals surface area contributed by atoms with E-state index in [9.17, 15) is 0 Å². The zero-order valence-corrected chi connectivity index (χ0v) is 27.1. The highest BCUT2D eigenvalue weighted by Gasteiger charge is 2.26. The fourth-order valence-corrected chi connectivity index (χ4v) is 7.05. The number of hydrogen-bond donors (Lipinski definition) is 3. The minimum absolute atomic E-state index is 0. The standard InChI is InChI=1S/C32H42N8.3ClH/c33-26-11-13-27(14-12-26)35-32-36-30(29-31(37-32)40(21-34-29)28-7-3-4-8-28)38-39-17-15-22(16-18-39)19-23-9-10-24-5-1-2-6-25(24)20-23;;;/h1-2,5-6,9-10,20-22,26-28H,3-4,7-8,11-19,33H2,(H2,35,36,37,38);3*1H/t26-,27-;;;. The molecule has 8 nitrogen and oxygen atoms in total. The summed E-state index contributed by atoms with van der Waals surface area (Å²) >= 11 is 0. The van der Waals surface area contributed by atoms with Crippen LogP contribution in [0.4, 0.5) is 11.8 Å². The van der Waals surface area contributed by atoms with E-state index in [1.54, 1.807) is 0 Å². The van der Waals surface area contributed by atoms with Crippen molar-refractivity contribution in [3.63, 3.8) is 0 Å². The molecule has 11 heteroatoms. The van der Waals surface area contributed by atoms with Crippen molar-refractivity contribution in [3.8, 4) is 0 Å². The Labute approximate surface area is 273 Å². The molecule has 3 heterocycles. The van der Waals surface area contributed by atoms with Gasteiger partial charge < -0.3 is 21.0 Å². The maximum Gasteiger partial charge on any atom is 0.227 e. The number of aromatic nitrogens is 4. The van der Waals surface area contributed by atoms with Gasteiger partial charge in [0, 0.05) is 31.2 Å². The third kappa shape index (κ3) is 7.66. The van der Waals surface area contributed by atoms with Crippen molar-refractivity contribution in [2.75, 3.05) is 23.8 Å². The average molecular weight is 648 g/mol. The van der Waals surface area contributed by atoms with Crippen molar-refractivity contribution >= 4 is 70.9 Å². The highest BCUT2D eigenvalue weighted by molar-refractivity contribution is 5.86. The molecule has 2 aromatic carbocycles. The summed E-state index contributed by atoms with van der Waals surface area (Å²) in [5.41, 5.74) is 13.1. The lowest BCUT2D eigenvalue weighted by Crippen LogP contribution is -2.39. The van der Waals surface area contributed by atoms with E-state index in [-0.39, 0.29) is 37.2 Å². The van der Waals surface area contributed by atoms with Gasteiger partial charge in [0.25, 0.3) is 0 Å². The van der Waals surface area contributed by atoms with Crippen LogP contribution in [0.15, 0.2) is 48.8 Å². The second-order valence-corrected chi connectivity index (χ2v) is 12.3. The Bertz CT molecular complexity index is 1460. The Morgan fingerprint density at radius 3 is 2.28 bits per heavy atom. The third-order valence-corrected chi connectivity index (χ3v) is 9.46. The molecule has 0 bridgehead atoms. The van der Waals surface area contributed by atoms with E-state index < -0.39 is 0 Å². The first kappa shape index (κ1) is 33.5. The lowest BCUT2D eigenvalue weighted by atomic mass is 9.90. The lowest BCUT2D eigenvalue weighted by molar-refractivity contribution is 0.216. The summed E-state index contributed by atoms with van der Waals surface area (Å²) < 4.78 is 2.30. The van der Waals surface area contributed by atoms with Gasteiger partial charge in [0.2, 0.25) is 5.95 Å². The van der Waals surface area contributed by atoms with E-state index >= 15 is 0 Å². The van der Waals surface area contributed by atoms with Gasteiger partial charge >= 0.3 is 0 Å². The Kier molecular flexibility index (Phi) is 11.8. The molecule has 0 spiro atoms. The number of benzene rings is 2. The van der Waals surface area contributed by atoms with Crippen molar-refractivity contribution in [2.45, 2.75) is 88.8 Å². The lowest BCUT2D eigenvalue weighted by Gasteiger charge is -2.32. The van der Waals surface area contributed by atoms with Crippen LogP contribution in [0.1, 0.15) is 75.8 Å². The molecule has 2 aliphatic carbocycles. The van der Waals surface area contributed by atoms with E-state index in [2.05, 4.69) is 62.8 Å². The van der Waals surface area contributed by atoms with Crippen LogP contribution in [-0.2, 0) is 6.42 Å². The maximum absolute atomic E-state index is 6.16. The van der Waals surface area contributed by atoms with Crippen molar-refractivity contribution in [2.24, 2.45) is 11.7 Å². The summed E-state index contributed by atoms with van der Waals surface area (Å²) in [6.07, 6.45) is 14.7. The number of halogens is 3. The van der Waals surface area contributed by atoms with Gasteiger partial charge in [0.15, 0.2) is 17.0 Å². The summed E-state index contributed by atoms with van der Waals surface area (Å²) in [4.78, 5) is 14.8. The van der Waals surface area contributed by atoms with Crippen LogP contribution in [-0.4, -0.2) is 49.7 Å². The summed E-state index contributed by atoms with van der Waals surface area (Å²) in [7, 11) is 0. The van der Waals surface area contributed by atoms with E-state index in [0.29, 0.717) is 30.0 Å².